The maximum atomic E-state index is 12.1. The summed E-state index contributed by atoms with van der Waals surface area (Å²) in [5.74, 6) is 1.11. The van der Waals surface area contributed by atoms with Gasteiger partial charge in [-0.1, -0.05) is 47.5 Å². The monoisotopic (exact) mass is 399 g/mol. The predicted molar refractivity (Wildman–Crippen MR) is 107 cm³/mol. The van der Waals surface area contributed by atoms with Gasteiger partial charge in [0.15, 0.2) is 5.15 Å². The molecule has 2 heterocycles. The molecule has 0 unspecified atom stereocenters. The highest BCUT2D eigenvalue weighted by Crippen LogP contribution is 2.32. The summed E-state index contributed by atoms with van der Waals surface area (Å²) in [6.45, 7) is 2.46. The molecule has 0 atom stereocenters. The van der Waals surface area contributed by atoms with Crippen molar-refractivity contribution in [3.05, 3.63) is 58.3 Å². The third kappa shape index (κ3) is 3.29. The second-order valence-electron chi connectivity index (χ2n) is 5.91. The van der Waals surface area contributed by atoms with Gasteiger partial charge in [0.2, 0.25) is 0 Å². The van der Waals surface area contributed by atoms with Crippen LogP contribution in [0.3, 0.4) is 0 Å². The van der Waals surface area contributed by atoms with Gasteiger partial charge in [-0.3, -0.25) is 4.79 Å². The minimum Gasteiger partial charge on any atom is -0.352 e. The Labute approximate surface area is 164 Å². The Bertz CT molecular complexity index is 1130. The first-order valence-electron chi connectivity index (χ1n) is 8.35. The van der Waals surface area contributed by atoms with E-state index in [1.54, 1.807) is 12.1 Å². The molecule has 4 rings (SSSR count). The van der Waals surface area contributed by atoms with Gasteiger partial charge in [-0.25, -0.2) is 9.97 Å². The smallest absolute Gasteiger partial charge is 0.251 e. The van der Waals surface area contributed by atoms with E-state index < -0.39 is 0 Å². The van der Waals surface area contributed by atoms with Crippen LogP contribution in [0.5, 0.6) is 0 Å². The molecule has 27 heavy (non-hydrogen) atoms. The highest BCUT2D eigenvalue weighted by atomic mass is 35.5. The largest absolute Gasteiger partial charge is 0.352 e. The fourth-order valence-corrected chi connectivity index (χ4v) is 3.16. The molecule has 0 aliphatic rings. The van der Waals surface area contributed by atoms with E-state index in [0.717, 1.165) is 22.2 Å². The topological polar surface area (TPSA) is 86.5 Å². The molecule has 136 valence electrons. The fraction of sp³-hybridized carbons (Fsp3) is 0.105. The van der Waals surface area contributed by atoms with Crippen LogP contribution in [-0.4, -0.2) is 32.4 Å². The number of imidazole rings is 2. The fourth-order valence-electron chi connectivity index (χ4n) is 2.90. The van der Waals surface area contributed by atoms with Crippen LogP contribution in [0.25, 0.3) is 33.8 Å². The normalized spacial score (nSPS) is 11.1. The highest BCUT2D eigenvalue weighted by Gasteiger charge is 2.16. The number of nitrogens with zero attached hydrogens (tertiary/aromatic N) is 2. The van der Waals surface area contributed by atoms with Gasteiger partial charge in [-0.2, -0.15) is 0 Å². The number of rotatable bonds is 4. The molecule has 0 radical (unpaired) electrons. The Morgan fingerprint density at radius 2 is 1.74 bits per heavy atom. The van der Waals surface area contributed by atoms with Crippen LogP contribution in [0.4, 0.5) is 0 Å². The number of nitrogens with one attached hydrogen (secondary N) is 3. The van der Waals surface area contributed by atoms with Gasteiger partial charge in [0.1, 0.15) is 16.8 Å². The summed E-state index contributed by atoms with van der Waals surface area (Å²) in [7, 11) is 0. The highest BCUT2D eigenvalue weighted by molar-refractivity contribution is 6.40. The lowest BCUT2D eigenvalue weighted by Crippen LogP contribution is -2.22. The van der Waals surface area contributed by atoms with E-state index >= 15 is 0 Å². The number of hydrogen-bond donors (Lipinski definition) is 3. The lowest BCUT2D eigenvalue weighted by atomic mass is 10.1. The first-order chi connectivity index (χ1) is 13.1. The molecule has 0 aliphatic carbocycles. The van der Waals surface area contributed by atoms with Crippen molar-refractivity contribution in [3.8, 4) is 22.8 Å². The van der Waals surface area contributed by atoms with E-state index in [0.29, 0.717) is 23.8 Å². The summed E-state index contributed by atoms with van der Waals surface area (Å²) in [4.78, 5) is 27.2. The van der Waals surface area contributed by atoms with Crippen molar-refractivity contribution in [3.63, 3.8) is 0 Å². The number of aromatic amines is 2. The molecular weight excluding hydrogens is 385 g/mol. The molecule has 2 aromatic carbocycles. The van der Waals surface area contributed by atoms with Crippen molar-refractivity contribution < 1.29 is 4.79 Å². The SMILES string of the molecule is CCNC(=O)c1ccc2nc(-c3ccccc3-c3nc(Cl)c(Cl)[nH]3)[nH]c2c1. The first kappa shape index (κ1) is 17.6. The second kappa shape index (κ2) is 7.06. The van der Waals surface area contributed by atoms with E-state index in [-0.39, 0.29) is 16.2 Å². The van der Waals surface area contributed by atoms with Gasteiger partial charge in [0, 0.05) is 23.2 Å². The van der Waals surface area contributed by atoms with Crippen molar-refractivity contribution in [2.45, 2.75) is 6.92 Å². The van der Waals surface area contributed by atoms with Crippen molar-refractivity contribution in [2.24, 2.45) is 0 Å². The average molecular weight is 400 g/mol. The summed E-state index contributed by atoms with van der Waals surface area (Å²) in [5, 5.41) is 3.30. The van der Waals surface area contributed by atoms with Crippen LogP contribution >= 0.6 is 23.2 Å². The number of benzene rings is 2. The summed E-state index contributed by atoms with van der Waals surface area (Å²) in [6, 6.07) is 13.0. The van der Waals surface area contributed by atoms with E-state index in [9.17, 15) is 4.79 Å². The third-order valence-electron chi connectivity index (χ3n) is 4.14. The van der Waals surface area contributed by atoms with Gasteiger partial charge >= 0.3 is 0 Å². The Hall–Kier alpha value is -2.83. The molecular formula is C19H15Cl2N5O. The molecule has 1 amide bonds. The van der Waals surface area contributed by atoms with Crippen molar-refractivity contribution >= 4 is 40.1 Å². The molecule has 4 aromatic rings. The molecule has 0 spiro atoms. The summed E-state index contributed by atoms with van der Waals surface area (Å²) in [6.07, 6.45) is 0. The lowest BCUT2D eigenvalue weighted by molar-refractivity contribution is 0.0956. The van der Waals surface area contributed by atoms with E-state index in [4.69, 9.17) is 23.2 Å². The van der Waals surface area contributed by atoms with Gasteiger partial charge < -0.3 is 15.3 Å². The minimum absolute atomic E-state index is 0.115. The molecule has 0 saturated heterocycles. The molecule has 0 aliphatic heterocycles. The van der Waals surface area contributed by atoms with Crippen LogP contribution in [0.1, 0.15) is 17.3 Å². The van der Waals surface area contributed by atoms with E-state index in [1.807, 2.05) is 37.3 Å². The summed E-state index contributed by atoms with van der Waals surface area (Å²) in [5.41, 5.74) is 3.78. The number of carbonyl (C=O) groups excluding carboxylic acids is 1. The van der Waals surface area contributed by atoms with E-state index in [2.05, 4.69) is 25.3 Å². The maximum Gasteiger partial charge on any atom is 0.251 e. The van der Waals surface area contributed by atoms with Crippen LogP contribution in [0.2, 0.25) is 10.3 Å². The molecule has 0 fully saturated rings. The number of fused-ring (bicyclic) bond motifs is 1. The Morgan fingerprint density at radius 3 is 2.37 bits per heavy atom. The van der Waals surface area contributed by atoms with Crippen LogP contribution in [-0.2, 0) is 0 Å². The molecule has 0 bridgehead atoms. The number of hydrogen-bond acceptors (Lipinski definition) is 3. The van der Waals surface area contributed by atoms with Crippen molar-refractivity contribution in [1.29, 1.82) is 0 Å². The Kier molecular flexibility index (Phi) is 4.59. The molecule has 3 N–H and O–H groups in total. The maximum absolute atomic E-state index is 12.1. The summed E-state index contributed by atoms with van der Waals surface area (Å²) >= 11 is 12.0. The zero-order chi connectivity index (χ0) is 19.0. The van der Waals surface area contributed by atoms with Crippen LogP contribution in [0.15, 0.2) is 42.5 Å². The van der Waals surface area contributed by atoms with Crippen molar-refractivity contribution in [1.82, 2.24) is 25.3 Å². The van der Waals surface area contributed by atoms with Crippen LogP contribution < -0.4 is 5.32 Å². The van der Waals surface area contributed by atoms with E-state index in [1.165, 1.54) is 0 Å². The average Bonchev–Trinajstić information content (AvgIpc) is 3.24. The van der Waals surface area contributed by atoms with Crippen LogP contribution in [0, 0.1) is 0 Å². The quantitative estimate of drug-likeness (QED) is 0.465. The summed E-state index contributed by atoms with van der Waals surface area (Å²) < 4.78 is 0. The van der Waals surface area contributed by atoms with Crippen molar-refractivity contribution in [2.75, 3.05) is 6.54 Å². The Morgan fingerprint density at radius 1 is 1.04 bits per heavy atom. The molecule has 8 heteroatoms. The zero-order valence-corrected chi connectivity index (χ0v) is 15.8. The van der Waals surface area contributed by atoms with Gasteiger partial charge in [0.05, 0.1) is 11.0 Å². The third-order valence-corrected chi connectivity index (χ3v) is 4.78. The van der Waals surface area contributed by atoms with Gasteiger partial charge in [-0.15, -0.1) is 0 Å². The number of halogens is 2. The minimum atomic E-state index is -0.115. The molecule has 6 nitrogen and oxygen atoms in total. The zero-order valence-electron chi connectivity index (χ0n) is 14.3. The van der Waals surface area contributed by atoms with Gasteiger partial charge in [-0.05, 0) is 25.1 Å². The second-order valence-corrected chi connectivity index (χ2v) is 6.65. The van der Waals surface area contributed by atoms with Gasteiger partial charge in [0.25, 0.3) is 5.91 Å². The predicted octanol–water partition coefficient (Wildman–Crippen LogP) is 4.68. The number of aromatic nitrogens is 4. The number of amides is 1. The number of carbonyl (C=O) groups is 1. The molecule has 2 aromatic heterocycles. The Balaban J connectivity index is 1.80. The number of H-pyrrole nitrogens is 2. The first-order valence-corrected chi connectivity index (χ1v) is 9.11. The molecule has 0 saturated carbocycles. The standard InChI is InChI=1S/C19H15Cl2N5O/c1-2-22-19(27)10-7-8-13-14(9-10)24-17(23-13)11-5-3-4-6-12(11)18-25-15(20)16(21)26-18/h3-9H,2H2,1H3,(H,22,27)(H,23,24)(H,25,26). The lowest BCUT2D eigenvalue weighted by Gasteiger charge is -2.04.